The molecular formula is C22H23N9O3. The molecule has 1 aromatic carbocycles. The fourth-order valence-electron chi connectivity index (χ4n) is 3.54. The molecule has 3 aromatic heterocycles. The molecule has 0 saturated heterocycles. The third kappa shape index (κ3) is 4.38. The first-order valence-corrected chi connectivity index (χ1v) is 10.6. The molecular weight excluding hydrogens is 438 g/mol. The number of anilines is 1. The fourth-order valence-corrected chi connectivity index (χ4v) is 3.54. The van der Waals surface area contributed by atoms with Crippen molar-refractivity contribution in [2.24, 2.45) is 16.8 Å². The second-order valence-electron chi connectivity index (χ2n) is 8.36. The maximum atomic E-state index is 12.8. The molecule has 0 radical (unpaired) electrons. The van der Waals surface area contributed by atoms with Gasteiger partial charge in [-0.25, -0.2) is 20.6 Å². The number of benzene rings is 1. The molecule has 0 unspecified atom stereocenters. The van der Waals surface area contributed by atoms with Crippen LogP contribution in [0, 0.1) is 0 Å². The Morgan fingerprint density at radius 3 is 2.97 bits per heavy atom. The van der Waals surface area contributed by atoms with Gasteiger partial charge in [-0.3, -0.25) is 14.9 Å². The van der Waals surface area contributed by atoms with Gasteiger partial charge in [0.1, 0.15) is 24.2 Å². The summed E-state index contributed by atoms with van der Waals surface area (Å²) in [6, 6.07) is 10.3. The number of hydrazone groups is 1. The number of carbonyl (C=O) groups is 1. The Morgan fingerprint density at radius 2 is 2.18 bits per heavy atom. The van der Waals surface area contributed by atoms with Crippen molar-refractivity contribution >= 4 is 29.1 Å². The van der Waals surface area contributed by atoms with E-state index in [4.69, 9.17) is 20.9 Å². The van der Waals surface area contributed by atoms with Crippen LogP contribution in [0.2, 0.25) is 0 Å². The van der Waals surface area contributed by atoms with Crippen LogP contribution < -0.4 is 21.7 Å². The van der Waals surface area contributed by atoms with Crippen molar-refractivity contribution in [1.82, 2.24) is 24.7 Å². The summed E-state index contributed by atoms with van der Waals surface area (Å²) in [5.74, 6) is 12.9. The summed E-state index contributed by atoms with van der Waals surface area (Å²) >= 11 is 0. The standard InChI is InChI=1S/C22H23N9O3/c1-22(5-6-22)18-10-19(29-34-18)28-21(32)31-7-4-14-8-16(2-3-17(14)31)33-20-9-15(25-12-26-20)11-30(24)13-27-23/h2-4,7-10,12-13H,5-6,11,23-24H2,1H3,(H,28,29,32)/b27-13-. The molecule has 0 spiro atoms. The molecule has 0 atom stereocenters. The van der Waals surface area contributed by atoms with Crippen LogP contribution in [0.3, 0.4) is 0 Å². The smallest absolute Gasteiger partial charge is 0.331 e. The molecule has 12 nitrogen and oxygen atoms in total. The first kappa shape index (κ1) is 21.4. The van der Waals surface area contributed by atoms with Crippen molar-refractivity contribution in [3.63, 3.8) is 0 Å². The van der Waals surface area contributed by atoms with Crippen LogP contribution in [0.1, 0.15) is 31.2 Å². The van der Waals surface area contributed by atoms with Gasteiger partial charge in [-0.15, -0.1) is 0 Å². The monoisotopic (exact) mass is 461 g/mol. The molecule has 12 heteroatoms. The zero-order valence-electron chi connectivity index (χ0n) is 18.4. The van der Waals surface area contributed by atoms with E-state index in [2.05, 4.69) is 32.5 Å². The summed E-state index contributed by atoms with van der Waals surface area (Å²) in [5, 5.41) is 12.2. The number of nitrogens with two attached hydrogens (primary N) is 2. The van der Waals surface area contributed by atoms with Crippen LogP contribution in [-0.4, -0.2) is 37.1 Å². The first-order valence-electron chi connectivity index (χ1n) is 10.6. The molecule has 1 aliphatic rings. The van der Waals surface area contributed by atoms with E-state index in [-0.39, 0.29) is 18.0 Å². The van der Waals surface area contributed by atoms with Crippen LogP contribution in [-0.2, 0) is 12.0 Å². The number of hydrazine groups is 1. The van der Waals surface area contributed by atoms with Crippen molar-refractivity contribution in [2.75, 3.05) is 5.32 Å². The number of carbonyl (C=O) groups excluding carboxylic acids is 1. The zero-order chi connectivity index (χ0) is 23.7. The summed E-state index contributed by atoms with van der Waals surface area (Å²) < 4.78 is 12.8. The SMILES string of the molecule is CC1(c2cc(NC(=O)n3ccc4cc(Oc5cc(CN(N)/C=N\N)ncn5)ccc43)no2)CC1. The number of hydrogen-bond acceptors (Lipinski definition) is 9. The maximum absolute atomic E-state index is 12.8. The second-order valence-corrected chi connectivity index (χ2v) is 8.36. The highest BCUT2D eigenvalue weighted by molar-refractivity contribution is 5.98. The number of nitrogens with one attached hydrogen (secondary N) is 1. The van der Waals surface area contributed by atoms with Gasteiger partial charge in [0, 0.05) is 29.1 Å². The van der Waals surface area contributed by atoms with Gasteiger partial charge in [-0.1, -0.05) is 12.1 Å². The number of fused-ring (bicyclic) bond motifs is 1. The van der Waals surface area contributed by atoms with Crippen LogP contribution in [0.4, 0.5) is 10.6 Å². The molecule has 1 saturated carbocycles. The summed E-state index contributed by atoms with van der Waals surface area (Å²) in [4.78, 5) is 21.1. The molecule has 34 heavy (non-hydrogen) atoms. The topological polar surface area (TPSA) is 163 Å². The fraction of sp³-hybridized carbons (Fsp3) is 0.227. The van der Waals surface area contributed by atoms with Crippen LogP contribution >= 0.6 is 0 Å². The van der Waals surface area contributed by atoms with E-state index in [1.807, 2.05) is 12.1 Å². The minimum atomic E-state index is -0.336. The largest absolute Gasteiger partial charge is 0.439 e. The summed E-state index contributed by atoms with van der Waals surface area (Å²) in [7, 11) is 0. The molecule has 1 amide bonds. The van der Waals surface area contributed by atoms with Crippen molar-refractivity contribution < 1.29 is 14.1 Å². The van der Waals surface area contributed by atoms with E-state index in [0.717, 1.165) is 24.0 Å². The summed E-state index contributed by atoms with van der Waals surface area (Å²) in [5.41, 5.74) is 1.38. The highest BCUT2D eigenvalue weighted by Gasteiger charge is 2.43. The average molecular weight is 461 g/mol. The lowest BCUT2D eigenvalue weighted by molar-refractivity contribution is 0.254. The van der Waals surface area contributed by atoms with Gasteiger partial charge >= 0.3 is 6.03 Å². The Labute approximate surface area is 194 Å². The van der Waals surface area contributed by atoms with E-state index in [9.17, 15) is 4.79 Å². The predicted octanol–water partition coefficient (Wildman–Crippen LogP) is 2.92. The number of nitrogens with zero attached hydrogens (tertiary/aromatic N) is 6. The Morgan fingerprint density at radius 1 is 1.32 bits per heavy atom. The molecule has 4 aromatic rings. The Bertz CT molecular complexity index is 1370. The van der Waals surface area contributed by atoms with E-state index in [1.54, 1.807) is 30.5 Å². The number of amides is 1. The zero-order valence-corrected chi connectivity index (χ0v) is 18.4. The molecule has 174 valence electrons. The van der Waals surface area contributed by atoms with E-state index < -0.39 is 0 Å². The second kappa shape index (κ2) is 8.48. The normalized spacial score (nSPS) is 14.4. The van der Waals surface area contributed by atoms with Gasteiger partial charge in [0.25, 0.3) is 0 Å². The third-order valence-electron chi connectivity index (χ3n) is 5.70. The quantitative estimate of drug-likeness (QED) is 0.162. The lowest BCUT2D eigenvalue weighted by Crippen LogP contribution is -2.29. The number of hydrogen-bond donors (Lipinski definition) is 3. The minimum absolute atomic E-state index is 0.0411. The van der Waals surface area contributed by atoms with Gasteiger partial charge < -0.3 is 15.1 Å². The molecule has 5 rings (SSSR count). The van der Waals surface area contributed by atoms with E-state index in [1.165, 1.54) is 22.2 Å². The van der Waals surface area contributed by atoms with Gasteiger partial charge in [-0.05, 0) is 37.1 Å². The van der Waals surface area contributed by atoms with Crippen molar-refractivity contribution in [1.29, 1.82) is 0 Å². The highest BCUT2D eigenvalue weighted by atomic mass is 16.5. The van der Waals surface area contributed by atoms with E-state index >= 15 is 0 Å². The maximum Gasteiger partial charge on any atom is 0.331 e. The van der Waals surface area contributed by atoms with Crippen molar-refractivity contribution in [3.8, 4) is 11.6 Å². The Balaban J connectivity index is 1.29. The molecule has 0 aliphatic heterocycles. The van der Waals surface area contributed by atoms with Gasteiger partial charge in [-0.2, -0.15) is 5.10 Å². The molecule has 1 fully saturated rings. The minimum Gasteiger partial charge on any atom is -0.439 e. The summed E-state index contributed by atoms with van der Waals surface area (Å²) in [6.07, 6.45) is 6.48. The predicted molar refractivity (Wildman–Crippen MR) is 124 cm³/mol. The third-order valence-corrected chi connectivity index (χ3v) is 5.70. The van der Waals surface area contributed by atoms with Crippen LogP contribution in [0.25, 0.3) is 10.9 Å². The average Bonchev–Trinajstić information content (AvgIpc) is 3.20. The van der Waals surface area contributed by atoms with Crippen molar-refractivity contribution in [3.05, 3.63) is 60.4 Å². The van der Waals surface area contributed by atoms with Gasteiger partial charge in [0.05, 0.1) is 17.8 Å². The highest BCUT2D eigenvalue weighted by Crippen LogP contribution is 2.48. The number of ether oxygens (including phenoxy) is 1. The molecule has 0 bridgehead atoms. The summed E-state index contributed by atoms with van der Waals surface area (Å²) in [6.45, 7) is 2.40. The van der Waals surface area contributed by atoms with Gasteiger partial charge in [0.15, 0.2) is 5.82 Å². The Kier molecular flexibility index (Phi) is 5.34. The van der Waals surface area contributed by atoms with Crippen LogP contribution in [0.5, 0.6) is 11.6 Å². The lowest BCUT2D eigenvalue weighted by Gasteiger charge is -2.12. The van der Waals surface area contributed by atoms with Gasteiger partial charge in [0.2, 0.25) is 5.88 Å². The first-order chi connectivity index (χ1) is 16.4. The number of rotatable bonds is 7. The van der Waals surface area contributed by atoms with Crippen molar-refractivity contribution in [2.45, 2.75) is 31.7 Å². The number of aromatic nitrogens is 4. The Hall–Kier alpha value is -4.45. The van der Waals surface area contributed by atoms with E-state index in [0.29, 0.717) is 28.7 Å². The molecule has 1 aliphatic carbocycles. The molecule has 3 heterocycles. The lowest BCUT2D eigenvalue weighted by atomic mass is 10.1. The van der Waals surface area contributed by atoms with Crippen LogP contribution in [0.15, 0.2) is 58.5 Å². The molecule has 5 N–H and O–H groups in total.